The SMILES string of the molecule is Cc1cc(Cl)ccc1OC(=O)N(C)CC#N. The summed E-state index contributed by atoms with van der Waals surface area (Å²) in [5.74, 6) is 0.444. The molecule has 4 nitrogen and oxygen atoms in total. The molecule has 0 fully saturated rings. The first kappa shape index (κ1) is 12.3. The zero-order valence-corrected chi connectivity index (χ0v) is 9.78. The smallest absolute Gasteiger partial charge is 0.410 e. The molecule has 0 bridgehead atoms. The molecule has 0 saturated heterocycles. The van der Waals surface area contributed by atoms with Gasteiger partial charge in [0.1, 0.15) is 12.3 Å². The quantitative estimate of drug-likeness (QED) is 0.745. The van der Waals surface area contributed by atoms with Gasteiger partial charge in [0.25, 0.3) is 0 Å². The third-order valence-corrected chi connectivity index (χ3v) is 2.19. The summed E-state index contributed by atoms with van der Waals surface area (Å²) in [5.41, 5.74) is 0.770. The van der Waals surface area contributed by atoms with E-state index in [4.69, 9.17) is 21.6 Å². The van der Waals surface area contributed by atoms with Crippen molar-refractivity contribution in [2.45, 2.75) is 6.92 Å². The van der Waals surface area contributed by atoms with Crippen molar-refractivity contribution >= 4 is 17.7 Å². The highest BCUT2D eigenvalue weighted by atomic mass is 35.5. The molecule has 0 spiro atoms. The lowest BCUT2D eigenvalue weighted by atomic mass is 10.2. The molecule has 0 heterocycles. The fourth-order valence-electron chi connectivity index (χ4n) is 1.07. The van der Waals surface area contributed by atoms with Crippen LogP contribution in [0.1, 0.15) is 5.56 Å². The Balaban J connectivity index is 2.74. The number of halogens is 1. The first-order valence-corrected chi connectivity index (χ1v) is 4.98. The Morgan fingerprint density at radius 2 is 2.31 bits per heavy atom. The first-order valence-electron chi connectivity index (χ1n) is 4.60. The third-order valence-electron chi connectivity index (χ3n) is 1.95. The Bertz CT molecular complexity index is 440. The van der Waals surface area contributed by atoms with Gasteiger partial charge in [0.05, 0.1) is 6.07 Å². The highest BCUT2D eigenvalue weighted by Crippen LogP contribution is 2.22. The minimum absolute atomic E-state index is 0.00846. The Morgan fingerprint density at radius 1 is 1.62 bits per heavy atom. The minimum Gasteiger partial charge on any atom is -0.410 e. The first-order chi connectivity index (χ1) is 7.54. The maximum Gasteiger partial charge on any atom is 0.415 e. The number of amides is 1. The van der Waals surface area contributed by atoms with Crippen LogP contribution in [0.5, 0.6) is 5.75 Å². The molecule has 0 saturated carbocycles. The van der Waals surface area contributed by atoms with Crippen molar-refractivity contribution < 1.29 is 9.53 Å². The number of rotatable bonds is 2. The third kappa shape index (κ3) is 3.14. The zero-order valence-electron chi connectivity index (χ0n) is 9.03. The van der Waals surface area contributed by atoms with Crippen molar-refractivity contribution in [3.05, 3.63) is 28.8 Å². The molecule has 5 heteroatoms. The lowest BCUT2D eigenvalue weighted by Crippen LogP contribution is -2.30. The van der Waals surface area contributed by atoms with Gasteiger partial charge in [0.2, 0.25) is 0 Å². The van der Waals surface area contributed by atoms with E-state index in [0.29, 0.717) is 10.8 Å². The van der Waals surface area contributed by atoms with Crippen molar-refractivity contribution in [3.63, 3.8) is 0 Å². The molecule has 1 rings (SSSR count). The number of ether oxygens (including phenoxy) is 1. The minimum atomic E-state index is -0.563. The zero-order chi connectivity index (χ0) is 12.1. The highest BCUT2D eigenvalue weighted by Gasteiger charge is 2.11. The number of hydrogen-bond acceptors (Lipinski definition) is 3. The number of carbonyl (C=O) groups excluding carboxylic acids is 1. The molecule has 0 unspecified atom stereocenters. The average Bonchev–Trinajstić information content (AvgIpc) is 2.22. The van der Waals surface area contributed by atoms with Crippen LogP contribution in [-0.4, -0.2) is 24.6 Å². The van der Waals surface area contributed by atoms with E-state index >= 15 is 0 Å². The molecular weight excluding hydrogens is 228 g/mol. The van der Waals surface area contributed by atoms with Gasteiger partial charge in [-0.1, -0.05) is 11.6 Å². The summed E-state index contributed by atoms with van der Waals surface area (Å²) in [5, 5.41) is 9.01. The lowest BCUT2D eigenvalue weighted by Gasteiger charge is -2.14. The van der Waals surface area contributed by atoms with Crippen LogP contribution in [0.2, 0.25) is 5.02 Å². The predicted octanol–water partition coefficient (Wildman–Crippen LogP) is 2.60. The molecule has 0 aliphatic rings. The van der Waals surface area contributed by atoms with Crippen molar-refractivity contribution in [1.29, 1.82) is 5.26 Å². The average molecular weight is 239 g/mol. The Kier molecular flexibility index (Phi) is 4.15. The highest BCUT2D eigenvalue weighted by molar-refractivity contribution is 6.30. The summed E-state index contributed by atoms with van der Waals surface area (Å²) >= 11 is 5.77. The second-order valence-electron chi connectivity index (χ2n) is 3.29. The lowest BCUT2D eigenvalue weighted by molar-refractivity contribution is 0.167. The van der Waals surface area contributed by atoms with E-state index in [2.05, 4.69) is 0 Å². The Labute approximate surface area is 99.0 Å². The van der Waals surface area contributed by atoms with Crippen LogP contribution < -0.4 is 4.74 Å². The van der Waals surface area contributed by atoms with Gasteiger partial charge < -0.3 is 4.74 Å². The van der Waals surface area contributed by atoms with Crippen LogP contribution in [0.15, 0.2) is 18.2 Å². The second-order valence-corrected chi connectivity index (χ2v) is 3.73. The maximum absolute atomic E-state index is 11.5. The number of nitriles is 1. The van der Waals surface area contributed by atoms with Crippen LogP contribution in [0.4, 0.5) is 4.79 Å². The summed E-state index contributed by atoms with van der Waals surface area (Å²) in [6, 6.07) is 6.83. The molecular formula is C11H11ClN2O2. The van der Waals surface area contributed by atoms with Gasteiger partial charge in [-0.2, -0.15) is 5.26 Å². The van der Waals surface area contributed by atoms with Crippen molar-refractivity contribution in [1.82, 2.24) is 4.90 Å². The van der Waals surface area contributed by atoms with E-state index in [1.54, 1.807) is 25.1 Å². The van der Waals surface area contributed by atoms with Crippen LogP contribution in [-0.2, 0) is 0 Å². The molecule has 1 aromatic carbocycles. The summed E-state index contributed by atoms with van der Waals surface area (Å²) in [6.45, 7) is 1.78. The van der Waals surface area contributed by atoms with Gasteiger partial charge in [-0.05, 0) is 30.7 Å². The van der Waals surface area contributed by atoms with Gasteiger partial charge in [0, 0.05) is 12.1 Å². The van der Waals surface area contributed by atoms with E-state index in [1.807, 2.05) is 6.07 Å². The van der Waals surface area contributed by atoms with E-state index < -0.39 is 6.09 Å². The van der Waals surface area contributed by atoms with Gasteiger partial charge in [-0.15, -0.1) is 0 Å². The van der Waals surface area contributed by atoms with E-state index in [-0.39, 0.29) is 6.54 Å². The second kappa shape index (κ2) is 5.38. The molecule has 1 aromatic rings. The van der Waals surface area contributed by atoms with Gasteiger partial charge >= 0.3 is 6.09 Å². The number of hydrogen-bond donors (Lipinski definition) is 0. The predicted molar refractivity (Wildman–Crippen MR) is 60.5 cm³/mol. The number of carbonyl (C=O) groups is 1. The summed E-state index contributed by atoms with van der Waals surface area (Å²) in [4.78, 5) is 12.6. The van der Waals surface area contributed by atoms with Crippen LogP contribution in [0.25, 0.3) is 0 Å². The summed E-state index contributed by atoms with van der Waals surface area (Å²) < 4.78 is 5.09. The standard InChI is InChI=1S/C11H11ClN2O2/c1-8-7-9(12)3-4-10(8)16-11(15)14(2)6-5-13/h3-4,7H,6H2,1-2H3. The van der Waals surface area contributed by atoms with E-state index in [1.165, 1.54) is 11.9 Å². The largest absolute Gasteiger partial charge is 0.415 e. The summed E-state index contributed by atoms with van der Waals surface area (Å²) in [6.07, 6.45) is -0.563. The van der Waals surface area contributed by atoms with Crippen molar-refractivity contribution in [3.8, 4) is 11.8 Å². The van der Waals surface area contributed by atoms with Crippen LogP contribution >= 0.6 is 11.6 Å². The van der Waals surface area contributed by atoms with Gasteiger partial charge in [-0.25, -0.2) is 4.79 Å². The van der Waals surface area contributed by atoms with Crippen molar-refractivity contribution in [2.24, 2.45) is 0 Å². The maximum atomic E-state index is 11.5. The van der Waals surface area contributed by atoms with Gasteiger partial charge in [-0.3, -0.25) is 4.90 Å². The molecule has 0 aliphatic heterocycles. The molecule has 0 N–H and O–H groups in total. The number of benzene rings is 1. The van der Waals surface area contributed by atoms with Crippen molar-refractivity contribution in [2.75, 3.05) is 13.6 Å². The monoisotopic (exact) mass is 238 g/mol. The Morgan fingerprint density at radius 3 is 2.88 bits per heavy atom. The molecule has 0 atom stereocenters. The summed E-state index contributed by atoms with van der Waals surface area (Å²) in [7, 11) is 1.50. The van der Waals surface area contributed by atoms with E-state index in [0.717, 1.165) is 5.56 Å². The fourth-order valence-corrected chi connectivity index (χ4v) is 1.30. The Hall–Kier alpha value is -1.73. The molecule has 84 valence electrons. The van der Waals surface area contributed by atoms with Gasteiger partial charge in [0.15, 0.2) is 0 Å². The molecule has 16 heavy (non-hydrogen) atoms. The molecule has 0 aliphatic carbocycles. The molecule has 0 aromatic heterocycles. The number of aryl methyl sites for hydroxylation is 1. The fraction of sp³-hybridized carbons (Fsp3) is 0.273. The van der Waals surface area contributed by atoms with Crippen LogP contribution in [0, 0.1) is 18.3 Å². The van der Waals surface area contributed by atoms with E-state index in [9.17, 15) is 4.79 Å². The molecule has 1 amide bonds. The normalized spacial score (nSPS) is 9.38. The number of nitrogens with zero attached hydrogens (tertiary/aromatic N) is 2. The molecule has 0 radical (unpaired) electrons. The van der Waals surface area contributed by atoms with Crippen LogP contribution in [0.3, 0.4) is 0 Å². The topological polar surface area (TPSA) is 53.3 Å².